The smallest absolute Gasteiger partial charge is 0.332 e. The number of Topliss-reactive ketones (excluding diaryl/α,β-unsaturated/α-hetero) is 1. The van der Waals surface area contributed by atoms with Crippen LogP contribution < -0.4 is 21.7 Å². The van der Waals surface area contributed by atoms with Crippen LogP contribution in [0.1, 0.15) is 36.5 Å². The molecule has 0 unspecified atom stereocenters. The van der Waals surface area contributed by atoms with Crippen molar-refractivity contribution in [2.45, 2.75) is 32.7 Å². The second kappa shape index (κ2) is 11.0. The summed E-state index contributed by atoms with van der Waals surface area (Å²) in [6.07, 6.45) is 0.882. The first-order chi connectivity index (χ1) is 14.7. The highest BCUT2D eigenvalue weighted by atomic mass is 35.5. The third-order valence-corrected chi connectivity index (χ3v) is 4.88. The van der Waals surface area contributed by atoms with Gasteiger partial charge in [-0.1, -0.05) is 30.1 Å². The van der Waals surface area contributed by atoms with Crippen molar-refractivity contribution in [2.75, 3.05) is 18.9 Å². The van der Waals surface area contributed by atoms with E-state index in [0.29, 0.717) is 28.6 Å². The molecule has 0 radical (unpaired) electrons. The number of nitrogen functional groups attached to an aromatic ring is 1. The van der Waals surface area contributed by atoms with Gasteiger partial charge in [0.2, 0.25) is 5.78 Å². The molecule has 9 nitrogen and oxygen atoms in total. The Bertz CT molecular complexity index is 1090. The Kier molecular flexibility index (Phi) is 8.70. The lowest BCUT2D eigenvalue weighted by Gasteiger charge is -2.14. The summed E-state index contributed by atoms with van der Waals surface area (Å²) in [7, 11) is 1.26. The number of hydrogen-bond acceptors (Lipinski definition) is 7. The number of hydrogen-bond donors (Lipinski definition) is 1. The number of esters is 1. The summed E-state index contributed by atoms with van der Waals surface area (Å²) in [6.45, 7) is 1.60. The molecule has 0 aliphatic heterocycles. The van der Waals surface area contributed by atoms with Crippen LogP contribution in [0.25, 0.3) is 0 Å². The zero-order valence-electron chi connectivity index (χ0n) is 17.2. The van der Waals surface area contributed by atoms with Gasteiger partial charge in [-0.3, -0.25) is 23.5 Å². The van der Waals surface area contributed by atoms with Crippen LogP contribution in [0.3, 0.4) is 0 Å². The van der Waals surface area contributed by atoms with Crippen LogP contribution in [0, 0.1) is 0 Å². The minimum absolute atomic E-state index is 0.0126. The van der Waals surface area contributed by atoms with Crippen LogP contribution in [0.4, 0.5) is 5.82 Å². The monoisotopic (exact) mass is 471 g/mol. The van der Waals surface area contributed by atoms with Crippen LogP contribution >= 0.6 is 23.2 Å². The number of nitrogens with two attached hydrogens (primary N) is 1. The molecular weight excluding hydrogens is 449 g/mol. The predicted octanol–water partition coefficient (Wildman–Crippen LogP) is 2.43. The summed E-state index contributed by atoms with van der Waals surface area (Å²) in [6, 6.07) is 4.78. The minimum Gasteiger partial charge on any atom is -0.492 e. The number of carbonyl (C=O) groups is 2. The van der Waals surface area contributed by atoms with Gasteiger partial charge in [-0.15, -0.1) is 0 Å². The first-order valence-electron chi connectivity index (χ1n) is 9.53. The SMILES string of the molecule is CCCn1c(N)c(C(=O)COC(=O)CCCOc2ccc(Cl)cc2Cl)c(=O)n(C)c1=O. The van der Waals surface area contributed by atoms with E-state index in [9.17, 15) is 19.2 Å². The molecule has 0 saturated carbocycles. The molecule has 31 heavy (non-hydrogen) atoms. The van der Waals surface area contributed by atoms with Gasteiger partial charge in [0.15, 0.2) is 6.61 Å². The molecule has 2 N–H and O–H groups in total. The van der Waals surface area contributed by atoms with Gasteiger partial charge in [0.1, 0.15) is 17.1 Å². The Labute approximate surface area is 188 Å². The number of nitrogens with zero attached hydrogens (tertiary/aromatic N) is 2. The number of rotatable bonds is 10. The van der Waals surface area contributed by atoms with Gasteiger partial charge in [-0.25, -0.2) is 4.79 Å². The highest BCUT2D eigenvalue weighted by molar-refractivity contribution is 6.35. The third kappa shape index (κ3) is 6.11. The predicted molar refractivity (Wildman–Crippen MR) is 117 cm³/mol. The molecule has 2 aromatic rings. The molecule has 1 heterocycles. The number of ketones is 1. The fourth-order valence-corrected chi connectivity index (χ4v) is 3.23. The number of benzene rings is 1. The fraction of sp³-hybridized carbons (Fsp3) is 0.400. The molecule has 0 amide bonds. The van der Waals surface area contributed by atoms with Gasteiger partial charge in [0.05, 0.1) is 11.6 Å². The first kappa shape index (κ1) is 24.5. The average Bonchev–Trinajstić information content (AvgIpc) is 2.72. The van der Waals surface area contributed by atoms with Gasteiger partial charge in [0, 0.05) is 25.0 Å². The molecule has 0 fully saturated rings. The number of anilines is 1. The Morgan fingerprint density at radius 1 is 1.19 bits per heavy atom. The Morgan fingerprint density at radius 3 is 2.55 bits per heavy atom. The minimum atomic E-state index is -0.829. The van der Waals surface area contributed by atoms with E-state index in [1.165, 1.54) is 13.1 Å². The normalized spacial score (nSPS) is 10.7. The van der Waals surface area contributed by atoms with Crippen LogP contribution in [-0.4, -0.2) is 34.1 Å². The Morgan fingerprint density at radius 2 is 1.90 bits per heavy atom. The molecule has 0 spiro atoms. The van der Waals surface area contributed by atoms with Crippen molar-refractivity contribution in [3.05, 3.63) is 54.6 Å². The van der Waals surface area contributed by atoms with Crippen molar-refractivity contribution < 1.29 is 19.1 Å². The highest BCUT2D eigenvalue weighted by Crippen LogP contribution is 2.27. The largest absolute Gasteiger partial charge is 0.492 e. The molecule has 0 saturated heterocycles. The summed E-state index contributed by atoms with van der Waals surface area (Å²) in [5, 5.41) is 0.829. The Hall–Kier alpha value is -2.78. The van der Waals surface area contributed by atoms with Crippen LogP contribution in [0.5, 0.6) is 5.75 Å². The second-order valence-corrected chi connectivity index (χ2v) is 7.51. The molecule has 11 heteroatoms. The zero-order valence-corrected chi connectivity index (χ0v) is 18.7. The van der Waals surface area contributed by atoms with Crippen molar-refractivity contribution in [2.24, 2.45) is 7.05 Å². The van der Waals surface area contributed by atoms with E-state index in [-0.39, 0.29) is 31.0 Å². The third-order valence-electron chi connectivity index (χ3n) is 4.35. The highest BCUT2D eigenvalue weighted by Gasteiger charge is 2.22. The van der Waals surface area contributed by atoms with E-state index in [1.54, 1.807) is 12.1 Å². The topological polar surface area (TPSA) is 123 Å². The number of aromatic nitrogens is 2. The van der Waals surface area contributed by atoms with Crippen molar-refractivity contribution in [1.82, 2.24) is 9.13 Å². The Balaban J connectivity index is 1.91. The van der Waals surface area contributed by atoms with Gasteiger partial charge in [-0.05, 0) is 31.0 Å². The lowest BCUT2D eigenvalue weighted by molar-refractivity contribution is -0.142. The molecule has 168 valence electrons. The molecular formula is C20H23Cl2N3O6. The molecule has 0 aliphatic carbocycles. The number of ether oxygens (including phenoxy) is 2. The molecule has 2 rings (SSSR count). The molecule has 0 atom stereocenters. The van der Waals surface area contributed by atoms with E-state index in [1.807, 2.05) is 6.92 Å². The standard InChI is InChI=1S/C20H23Cl2N3O6/c1-3-8-25-18(23)17(19(28)24(2)20(25)29)14(26)11-31-16(27)5-4-9-30-15-7-6-12(21)10-13(15)22/h6-7,10H,3-5,8-9,11,23H2,1-2H3. The van der Waals surface area contributed by atoms with Crippen LogP contribution in [-0.2, 0) is 23.1 Å². The summed E-state index contributed by atoms with van der Waals surface area (Å²) in [5.41, 5.74) is 4.06. The van der Waals surface area contributed by atoms with Gasteiger partial charge in [-0.2, -0.15) is 0 Å². The summed E-state index contributed by atoms with van der Waals surface area (Å²) >= 11 is 11.8. The second-order valence-electron chi connectivity index (χ2n) is 6.67. The quantitative estimate of drug-likeness (QED) is 0.320. The van der Waals surface area contributed by atoms with Crippen molar-refractivity contribution in [3.63, 3.8) is 0 Å². The molecule has 0 bridgehead atoms. The summed E-state index contributed by atoms with van der Waals surface area (Å²) in [4.78, 5) is 48.8. The number of carbonyl (C=O) groups excluding carboxylic acids is 2. The first-order valence-corrected chi connectivity index (χ1v) is 10.3. The lowest BCUT2D eigenvalue weighted by Crippen LogP contribution is -2.43. The van der Waals surface area contributed by atoms with Gasteiger partial charge in [0.25, 0.3) is 5.56 Å². The van der Waals surface area contributed by atoms with Crippen LogP contribution in [0.15, 0.2) is 27.8 Å². The van der Waals surface area contributed by atoms with E-state index < -0.39 is 29.6 Å². The van der Waals surface area contributed by atoms with Gasteiger partial charge < -0.3 is 15.2 Å². The van der Waals surface area contributed by atoms with E-state index in [0.717, 1.165) is 9.13 Å². The average molecular weight is 472 g/mol. The molecule has 1 aromatic carbocycles. The van der Waals surface area contributed by atoms with E-state index >= 15 is 0 Å². The van der Waals surface area contributed by atoms with Gasteiger partial charge >= 0.3 is 11.7 Å². The van der Waals surface area contributed by atoms with Crippen LogP contribution in [0.2, 0.25) is 10.0 Å². The van der Waals surface area contributed by atoms with E-state index in [4.69, 9.17) is 38.4 Å². The maximum absolute atomic E-state index is 12.5. The van der Waals surface area contributed by atoms with Crippen molar-refractivity contribution >= 4 is 40.8 Å². The summed E-state index contributed by atoms with van der Waals surface area (Å²) in [5.74, 6) is -1.22. The zero-order chi connectivity index (χ0) is 23.1. The molecule has 1 aromatic heterocycles. The van der Waals surface area contributed by atoms with Crippen molar-refractivity contribution in [3.8, 4) is 5.75 Å². The maximum atomic E-state index is 12.5. The van der Waals surface area contributed by atoms with E-state index in [2.05, 4.69) is 0 Å². The fourth-order valence-electron chi connectivity index (χ4n) is 2.77. The van der Waals surface area contributed by atoms with Crippen molar-refractivity contribution in [1.29, 1.82) is 0 Å². The summed E-state index contributed by atoms with van der Waals surface area (Å²) < 4.78 is 12.4. The maximum Gasteiger partial charge on any atom is 0.332 e. The number of halogens is 2. The molecule has 0 aliphatic rings. The lowest BCUT2D eigenvalue weighted by atomic mass is 10.2.